The number of ether oxygens (including phenoxy) is 3. The van der Waals surface area contributed by atoms with E-state index in [1.54, 1.807) is 36.4 Å². The number of aromatic hydroxyl groups is 1. The van der Waals surface area contributed by atoms with E-state index < -0.39 is 0 Å². The first-order valence-electron chi connectivity index (χ1n) is 11.7. The summed E-state index contributed by atoms with van der Waals surface area (Å²) in [6, 6.07) is 12.2. The van der Waals surface area contributed by atoms with Crippen LogP contribution in [-0.2, 0) is 16.1 Å². The Labute approximate surface area is 208 Å². The fraction of sp³-hybridized carbons (Fsp3) is 0.400. The van der Waals surface area contributed by atoms with E-state index in [0.29, 0.717) is 47.9 Å². The molecule has 10 heteroatoms. The second kappa shape index (κ2) is 11.9. The highest BCUT2D eigenvalue weighted by Gasteiger charge is 2.22. The Balaban J connectivity index is 1.49. The number of hydrogen-bond acceptors (Lipinski definition) is 8. The second-order valence-electron chi connectivity index (χ2n) is 7.96. The minimum Gasteiger partial charge on any atom is -0.508 e. The molecular weight excluding hydrogens is 468 g/mol. The predicted octanol–water partition coefficient (Wildman–Crippen LogP) is 4.36. The summed E-state index contributed by atoms with van der Waals surface area (Å²) in [6.45, 7) is 6.15. The quantitative estimate of drug-likeness (QED) is 0.376. The first-order chi connectivity index (χ1) is 17.1. The predicted molar refractivity (Wildman–Crippen MR) is 134 cm³/mol. The summed E-state index contributed by atoms with van der Waals surface area (Å²) in [5.41, 5.74) is 1.40. The molecule has 0 radical (unpaired) electrons. The maximum atomic E-state index is 12.8. The number of amides is 1. The molecule has 4 rings (SSSR count). The number of thioether (sulfide) groups is 1. The fourth-order valence-electron chi connectivity index (χ4n) is 3.84. The molecule has 0 bridgehead atoms. The molecule has 186 valence electrons. The summed E-state index contributed by atoms with van der Waals surface area (Å²) < 4.78 is 19.0. The average Bonchev–Trinajstić information content (AvgIpc) is 3.51. The zero-order valence-electron chi connectivity index (χ0n) is 19.9. The van der Waals surface area contributed by atoms with Crippen molar-refractivity contribution in [1.29, 1.82) is 0 Å². The van der Waals surface area contributed by atoms with Crippen molar-refractivity contribution in [3.05, 3.63) is 42.5 Å². The van der Waals surface area contributed by atoms with Gasteiger partial charge in [-0.25, -0.2) is 0 Å². The molecule has 0 spiro atoms. The van der Waals surface area contributed by atoms with E-state index in [4.69, 9.17) is 14.2 Å². The van der Waals surface area contributed by atoms with Crippen LogP contribution < -0.4 is 14.8 Å². The maximum absolute atomic E-state index is 12.8. The summed E-state index contributed by atoms with van der Waals surface area (Å²) in [6.07, 6.45) is 2.06. The SMILES string of the molecule is CCOc1ccc(OCC)c(NC(=O)CSc2nnc(-c3ccc(O)cc3)n2CC2CCCO2)c1. The molecule has 0 aliphatic carbocycles. The normalized spacial score (nSPS) is 15.2. The van der Waals surface area contributed by atoms with Crippen LogP contribution in [0.3, 0.4) is 0 Å². The number of carbonyl (C=O) groups is 1. The van der Waals surface area contributed by atoms with Crippen molar-refractivity contribution in [2.24, 2.45) is 0 Å². The Morgan fingerprint density at radius 2 is 1.97 bits per heavy atom. The van der Waals surface area contributed by atoms with Crippen LogP contribution in [-0.4, -0.2) is 57.5 Å². The molecule has 1 unspecified atom stereocenters. The van der Waals surface area contributed by atoms with E-state index in [1.807, 2.05) is 24.5 Å². The Hall–Kier alpha value is -3.24. The van der Waals surface area contributed by atoms with Crippen molar-refractivity contribution in [2.45, 2.75) is 44.5 Å². The van der Waals surface area contributed by atoms with Gasteiger partial charge in [-0.3, -0.25) is 9.36 Å². The second-order valence-corrected chi connectivity index (χ2v) is 8.90. The largest absolute Gasteiger partial charge is 0.508 e. The lowest BCUT2D eigenvalue weighted by Gasteiger charge is -2.15. The lowest BCUT2D eigenvalue weighted by atomic mass is 10.2. The van der Waals surface area contributed by atoms with Gasteiger partial charge in [-0.1, -0.05) is 11.8 Å². The smallest absolute Gasteiger partial charge is 0.234 e. The molecule has 1 saturated heterocycles. The van der Waals surface area contributed by atoms with Gasteiger partial charge < -0.3 is 24.6 Å². The lowest BCUT2D eigenvalue weighted by molar-refractivity contribution is -0.113. The summed E-state index contributed by atoms with van der Waals surface area (Å²) >= 11 is 1.31. The van der Waals surface area contributed by atoms with Gasteiger partial charge in [-0.2, -0.15) is 0 Å². The topological polar surface area (TPSA) is 108 Å². The molecule has 1 aromatic heterocycles. The number of hydrogen-bond donors (Lipinski definition) is 2. The number of benzene rings is 2. The van der Waals surface area contributed by atoms with Crippen LogP contribution in [0.2, 0.25) is 0 Å². The first kappa shape index (κ1) is 24.9. The molecule has 1 atom stereocenters. The summed E-state index contributed by atoms with van der Waals surface area (Å²) in [4.78, 5) is 12.8. The van der Waals surface area contributed by atoms with Crippen LogP contribution in [0.1, 0.15) is 26.7 Å². The van der Waals surface area contributed by atoms with Gasteiger partial charge in [-0.15, -0.1) is 10.2 Å². The zero-order chi connectivity index (χ0) is 24.6. The Bertz CT molecular complexity index is 1130. The molecule has 1 fully saturated rings. The van der Waals surface area contributed by atoms with Crippen LogP contribution in [0.4, 0.5) is 5.69 Å². The van der Waals surface area contributed by atoms with Crippen LogP contribution in [0.25, 0.3) is 11.4 Å². The van der Waals surface area contributed by atoms with Gasteiger partial charge in [0, 0.05) is 18.2 Å². The number of carbonyl (C=O) groups excluding carboxylic acids is 1. The molecular formula is C25H30N4O5S. The lowest BCUT2D eigenvalue weighted by Crippen LogP contribution is -2.18. The Kier molecular flexibility index (Phi) is 8.49. The van der Waals surface area contributed by atoms with E-state index >= 15 is 0 Å². The number of nitrogens with one attached hydrogen (secondary N) is 1. The first-order valence-corrected chi connectivity index (χ1v) is 12.7. The number of aromatic nitrogens is 3. The average molecular weight is 499 g/mol. The molecule has 0 saturated carbocycles. The standard InChI is InChI=1S/C25H30N4O5S/c1-3-32-19-11-12-22(33-4-2)21(14-19)26-23(31)16-35-25-28-27-24(17-7-9-18(30)10-8-17)29(25)15-20-6-5-13-34-20/h7-12,14,20,30H,3-6,13,15-16H2,1-2H3,(H,26,31). The van der Waals surface area contributed by atoms with Crippen molar-refractivity contribution < 1.29 is 24.1 Å². The minimum atomic E-state index is -0.192. The van der Waals surface area contributed by atoms with Crippen molar-refractivity contribution >= 4 is 23.4 Å². The van der Waals surface area contributed by atoms with Gasteiger partial charge in [0.15, 0.2) is 11.0 Å². The van der Waals surface area contributed by atoms with Gasteiger partial charge in [0.2, 0.25) is 5.91 Å². The molecule has 1 aliphatic heterocycles. The molecule has 2 heterocycles. The monoisotopic (exact) mass is 498 g/mol. The van der Waals surface area contributed by atoms with Crippen LogP contribution in [0.15, 0.2) is 47.6 Å². The fourth-order valence-corrected chi connectivity index (χ4v) is 4.58. The molecule has 9 nitrogen and oxygen atoms in total. The van der Waals surface area contributed by atoms with Gasteiger partial charge >= 0.3 is 0 Å². The number of rotatable bonds is 11. The minimum absolute atomic E-state index is 0.0742. The van der Waals surface area contributed by atoms with Crippen molar-refractivity contribution in [1.82, 2.24) is 14.8 Å². The van der Waals surface area contributed by atoms with Gasteiger partial charge in [0.25, 0.3) is 0 Å². The Morgan fingerprint density at radius 3 is 2.69 bits per heavy atom. The van der Waals surface area contributed by atoms with Crippen molar-refractivity contribution in [3.63, 3.8) is 0 Å². The number of anilines is 1. The zero-order valence-corrected chi connectivity index (χ0v) is 20.7. The molecule has 1 amide bonds. The molecule has 1 aliphatic rings. The Morgan fingerprint density at radius 1 is 1.17 bits per heavy atom. The molecule has 3 aromatic rings. The molecule has 2 aromatic carbocycles. The van der Waals surface area contributed by atoms with E-state index in [-0.39, 0.29) is 23.5 Å². The molecule has 35 heavy (non-hydrogen) atoms. The third kappa shape index (κ3) is 6.46. The summed E-state index contributed by atoms with van der Waals surface area (Å²) in [7, 11) is 0. The van der Waals surface area contributed by atoms with E-state index in [0.717, 1.165) is 25.0 Å². The van der Waals surface area contributed by atoms with Gasteiger partial charge in [0.05, 0.1) is 37.3 Å². The molecule has 2 N–H and O–H groups in total. The highest BCUT2D eigenvalue weighted by Crippen LogP contribution is 2.31. The van der Waals surface area contributed by atoms with E-state index in [1.165, 1.54) is 11.8 Å². The third-order valence-corrected chi connectivity index (χ3v) is 6.39. The number of phenols is 1. The van der Waals surface area contributed by atoms with Crippen LogP contribution in [0, 0.1) is 0 Å². The number of phenolic OH excluding ortho intramolecular Hbond substituents is 1. The maximum Gasteiger partial charge on any atom is 0.234 e. The van der Waals surface area contributed by atoms with Crippen molar-refractivity contribution in [3.8, 4) is 28.6 Å². The summed E-state index contributed by atoms with van der Waals surface area (Å²) in [5.74, 6) is 2.06. The van der Waals surface area contributed by atoms with Crippen LogP contribution in [0.5, 0.6) is 17.2 Å². The van der Waals surface area contributed by atoms with Gasteiger partial charge in [0.1, 0.15) is 17.2 Å². The van der Waals surface area contributed by atoms with E-state index in [9.17, 15) is 9.90 Å². The number of nitrogens with zero attached hydrogens (tertiary/aromatic N) is 3. The van der Waals surface area contributed by atoms with Crippen LogP contribution >= 0.6 is 11.8 Å². The van der Waals surface area contributed by atoms with Gasteiger partial charge in [-0.05, 0) is 63.1 Å². The van der Waals surface area contributed by atoms with E-state index in [2.05, 4.69) is 15.5 Å². The van der Waals surface area contributed by atoms with Crippen molar-refractivity contribution in [2.75, 3.05) is 30.9 Å². The third-order valence-electron chi connectivity index (χ3n) is 5.42. The highest BCUT2D eigenvalue weighted by molar-refractivity contribution is 7.99. The highest BCUT2D eigenvalue weighted by atomic mass is 32.2. The summed E-state index contributed by atoms with van der Waals surface area (Å²) in [5, 5.41) is 21.9.